The lowest BCUT2D eigenvalue weighted by molar-refractivity contribution is 0.0950. The van der Waals surface area contributed by atoms with Gasteiger partial charge in [-0.3, -0.25) is 9.89 Å². The van der Waals surface area contributed by atoms with Crippen molar-refractivity contribution in [3.05, 3.63) is 71.9 Å². The molecule has 4 N–H and O–H groups in total. The van der Waals surface area contributed by atoms with Gasteiger partial charge in [-0.2, -0.15) is 10.2 Å². The number of fused-ring (bicyclic) bond motifs is 1. The molecule has 0 atom stereocenters. The number of aromatic hydroxyl groups is 2. The first kappa shape index (κ1) is 19.0. The monoisotopic (exact) mass is 402 g/mol. The highest BCUT2D eigenvalue weighted by Crippen LogP contribution is 2.36. The van der Waals surface area contributed by atoms with Crippen LogP contribution in [-0.4, -0.2) is 39.6 Å². The van der Waals surface area contributed by atoms with Crippen LogP contribution in [-0.2, 0) is 0 Å². The van der Waals surface area contributed by atoms with Gasteiger partial charge in [0, 0.05) is 11.6 Å². The number of hydrazone groups is 1. The second-order valence-corrected chi connectivity index (χ2v) is 6.47. The third-order valence-electron chi connectivity index (χ3n) is 4.57. The Bertz CT molecular complexity index is 1260. The Balaban J connectivity index is 1.58. The summed E-state index contributed by atoms with van der Waals surface area (Å²) in [6, 6.07) is 17.3. The van der Waals surface area contributed by atoms with E-state index in [0.717, 1.165) is 16.3 Å². The normalized spacial score (nSPS) is 11.1. The van der Waals surface area contributed by atoms with Gasteiger partial charge in [-0.05, 0) is 35.0 Å². The molecule has 0 fully saturated rings. The molecule has 4 rings (SSSR count). The highest BCUT2D eigenvalue weighted by molar-refractivity contribution is 6.00. The van der Waals surface area contributed by atoms with Crippen LogP contribution in [0.5, 0.6) is 17.2 Å². The van der Waals surface area contributed by atoms with Gasteiger partial charge in [0.15, 0.2) is 0 Å². The summed E-state index contributed by atoms with van der Waals surface area (Å²) in [6.45, 7) is 0. The molecule has 0 saturated heterocycles. The number of phenolic OH excluding ortho intramolecular Hbond substituents is 2. The number of rotatable bonds is 5. The molecule has 0 aliphatic rings. The molecule has 0 spiro atoms. The molecule has 0 aliphatic heterocycles. The highest BCUT2D eigenvalue weighted by atomic mass is 16.5. The number of amides is 1. The average molecular weight is 402 g/mol. The molecule has 8 heteroatoms. The standard InChI is InChI=1S/C22H18N4O4/c1-30-20-9-7-13-4-2-3-5-16(13)21(20)17-11-18(25-24-17)22(29)26-23-12-14-6-8-15(27)10-19(14)28/h2-12,27-28H,1H3,(H,24,25)(H,26,29)/b23-12-. The largest absolute Gasteiger partial charge is 0.508 e. The SMILES string of the molecule is COc1ccc2ccccc2c1-c1cc(C(=O)N/N=C\c2ccc(O)cc2O)[nH]n1. The predicted octanol–water partition coefficient (Wildman–Crippen LogP) is 3.41. The fourth-order valence-electron chi connectivity index (χ4n) is 3.11. The van der Waals surface area contributed by atoms with Gasteiger partial charge in [0.05, 0.1) is 24.6 Å². The number of phenols is 2. The molecule has 1 aromatic heterocycles. The number of carbonyl (C=O) groups excluding carboxylic acids is 1. The van der Waals surface area contributed by atoms with Gasteiger partial charge in [0.2, 0.25) is 0 Å². The number of nitrogens with zero attached hydrogens (tertiary/aromatic N) is 2. The summed E-state index contributed by atoms with van der Waals surface area (Å²) in [5, 5.41) is 31.9. The van der Waals surface area contributed by atoms with Gasteiger partial charge < -0.3 is 14.9 Å². The van der Waals surface area contributed by atoms with E-state index in [2.05, 4.69) is 20.7 Å². The van der Waals surface area contributed by atoms with Gasteiger partial charge in [-0.25, -0.2) is 5.43 Å². The van der Waals surface area contributed by atoms with Crippen LogP contribution in [0.4, 0.5) is 0 Å². The van der Waals surface area contributed by atoms with Crippen molar-refractivity contribution >= 4 is 22.9 Å². The second kappa shape index (κ2) is 7.96. The van der Waals surface area contributed by atoms with Gasteiger partial charge in [-0.15, -0.1) is 0 Å². The minimum atomic E-state index is -0.498. The van der Waals surface area contributed by atoms with Crippen molar-refractivity contribution in [2.24, 2.45) is 5.10 Å². The van der Waals surface area contributed by atoms with Crippen LogP contribution in [0.15, 0.2) is 65.8 Å². The number of benzene rings is 3. The maximum atomic E-state index is 12.4. The van der Waals surface area contributed by atoms with E-state index in [1.807, 2.05) is 36.4 Å². The van der Waals surface area contributed by atoms with Crippen molar-refractivity contribution < 1.29 is 19.7 Å². The molecule has 3 aromatic carbocycles. The fourth-order valence-corrected chi connectivity index (χ4v) is 3.11. The minimum absolute atomic E-state index is 0.0671. The van der Waals surface area contributed by atoms with E-state index in [-0.39, 0.29) is 17.2 Å². The zero-order valence-electron chi connectivity index (χ0n) is 16.0. The van der Waals surface area contributed by atoms with E-state index < -0.39 is 5.91 Å². The Hall–Kier alpha value is -4.33. The van der Waals surface area contributed by atoms with E-state index >= 15 is 0 Å². The van der Waals surface area contributed by atoms with Crippen LogP contribution in [0, 0.1) is 0 Å². The minimum Gasteiger partial charge on any atom is -0.508 e. The van der Waals surface area contributed by atoms with Crippen molar-refractivity contribution in [1.82, 2.24) is 15.6 Å². The molecule has 8 nitrogen and oxygen atoms in total. The number of hydrogen-bond donors (Lipinski definition) is 4. The molecule has 0 aliphatic carbocycles. The average Bonchev–Trinajstić information content (AvgIpc) is 3.24. The lowest BCUT2D eigenvalue weighted by atomic mass is 10.0. The van der Waals surface area contributed by atoms with E-state index in [1.54, 1.807) is 13.2 Å². The number of methoxy groups -OCH3 is 1. The van der Waals surface area contributed by atoms with Gasteiger partial charge in [-0.1, -0.05) is 30.3 Å². The van der Waals surface area contributed by atoms with Crippen molar-refractivity contribution in [1.29, 1.82) is 0 Å². The van der Waals surface area contributed by atoms with Crippen molar-refractivity contribution in [2.75, 3.05) is 7.11 Å². The van der Waals surface area contributed by atoms with Crippen LogP contribution in [0.3, 0.4) is 0 Å². The summed E-state index contributed by atoms with van der Waals surface area (Å²) in [4.78, 5) is 12.4. The van der Waals surface area contributed by atoms with E-state index in [9.17, 15) is 15.0 Å². The van der Waals surface area contributed by atoms with Crippen molar-refractivity contribution in [3.8, 4) is 28.5 Å². The van der Waals surface area contributed by atoms with E-state index in [4.69, 9.17) is 4.74 Å². The molecule has 0 radical (unpaired) electrons. The second-order valence-electron chi connectivity index (χ2n) is 6.47. The summed E-state index contributed by atoms with van der Waals surface area (Å²) in [5.41, 5.74) is 4.28. The molecular formula is C22H18N4O4. The van der Waals surface area contributed by atoms with Crippen molar-refractivity contribution in [2.45, 2.75) is 0 Å². The van der Waals surface area contributed by atoms with Crippen LogP contribution in [0.2, 0.25) is 0 Å². The Morgan fingerprint density at radius 3 is 2.77 bits per heavy atom. The zero-order valence-corrected chi connectivity index (χ0v) is 16.0. The number of hydrogen-bond acceptors (Lipinski definition) is 6. The third kappa shape index (κ3) is 3.66. The first-order valence-corrected chi connectivity index (χ1v) is 9.03. The molecule has 0 unspecified atom stereocenters. The first-order valence-electron chi connectivity index (χ1n) is 9.03. The maximum Gasteiger partial charge on any atom is 0.289 e. The number of H-pyrrole nitrogens is 1. The predicted molar refractivity (Wildman–Crippen MR) is 113 cm³/mol. The maximum absolute atomic E-state index is 12.4. The van der Waals surface area contributed by atoms with Crippen LogP contribution >= 0.6 is 0 Å². The molecule has 1 heterocycles. The molecule has 0 bridgehead atoms. The summed E-state index contributed by atoms with van der Waals surface area (Å²) in [7, 11) is 1.58. The van der Waals surface area contributed by atoms with Gasteiger partial charge in [0.25, 0.3) is 5.91 Å². The number of aromatic amines is 1. The molecule has 0 saturated carbocycles. The molecular weight excluding hydrogens is 384 g/mol. The smallest absolute Gasteiger partial charge is 0.289 e. The Labute approximate surface area is 171 Å². The lowest BCUT2D eigenvalue weighted by Crippen LogP contribution is -2.18. The summed E-state index contributed by atoms with van der Waals surface area (Å²) >= 11 is 0. The van der Waals surface area contributed by atoms with E-state index in [1.165, 1.54) is 24.4 Å². The number of aromatic nitrogens is 2. The molecule has 30 heavy (non-hydrogen) atoms. The number of carbonyl (C=O) groups is 1. The Morgan fingerprint density at radius 2 is 1.97 bits per heavy atom. The summed E-state index contributed by atoms with van der Waals surface area (Å²) in [5.74, 6) is -0.0714. The van der Waals surface area contributed by atoms with E-state index in [0.29, 0.717) is 17.0 Å². The third-order valence-corrected chi connectivity index (χ3v) is 4.57. The van der Waals surface area contributed by atoms with Gasteiger partial charge >= 0.3 is 0 Å². The van der Waals surface area contributed by atoms with Gasteiger partial charge in [0.1, 0.15) is 22.9 Å². The number of nitrogens with one attached hydrogen (secondary N) is 2. The zero-order chi connectivity index (χ0) is 21.1. The van der Waals surface area contributed by atoms with Crippen LogP contribution < -0.4 is 10.2 Å². The quantitative estimate of drug-likeness (QED) is 0.301. The molecule has 1 amide bonds. The summed E-state index contributed by atoms with van der Waals surface area (Å²) in [6.07, 6.45) is 1.28. The van der Waals surface area contributed by atoms with Crippen molar-refractivity contribution in [3.63, 3.8) is 0 Å². The molecule has 4 aromatic rings. The topological polar surface area (TPSA) is 120 Å². The highest BCUT2D eigenvalue weighted by Gasteiger charge is 2.16. The lowest BCUT2D eigenvalue weighted by Gasteiger charge is -2.09. The Morgan fingerprint density at radius 1 is 1.13 bits per heavy atom. The fraction of sp³-hybridized carbons (Fsp3) is 0.0455. The van der Waals surface area contributed by atoms with Crippen LogP contribution in [0.1, 0.15) is 16.1 Å². The summed E-state index contributed by atoms with van der Waals surface area (Å²) < 4.78 is 5.49. The number of ether oxygens (including phenoxy) is 1. The molecule has 150 valence electrons. The Kier molecular flexibility index (Phi) is 5.04. The van der Waals surface area contributed by atoms with Crippen LogP contribution in [0.25, 0.3) is 22.0 Å². The first-order chi connectivity index (χ1) is 14.6.